The standard InChI is InChI=1S/C18H8Cl4I2O/c1-3-17(23,13-7-5-11(19)9-15(13)21)25-18(24,4-2)14-8-6-12(20)10-16(14)22/h1-2,5-10H. The predicted octanol–water partition coefficient (Wildman–Crippen LogP) is 7.46. The maximum absolute atomic E-state index is 6.30. The first-order valence-electron chi connectivity index (χ1n) is 6.60. The van der Waals surface area contributed by atoms with Crippen molar-refractivity contribution in [3.05, 3.63) is 67.6 Å². The first-order chi connectivity index (χ1) is 11.6. The van der Waals surface area contributed by atoms with Crippen LogP contribution in [0.2, 0.25) is 20.1 Å². The highest BCUT2D eigenvalue weighted by Gasteiger charge is 2.41. The van der Waals surface area contributed by atoms with Crippen molar-refractivity contribution >= 4 is 91.6 Å². The lowest BCUT2D eigenvalue weighted by Gasteiger charge is -2.33. The van der Waals surface area contributed by atoms with Crippen molar-refractivity contribution in [3.63, 3.8) is 0 Å². The van der Waals surface area contributed by atoms with Crippen LogP contribution < -0.4 is 0 Å². The van der Waals surface area contributed by atoms with Crippen LogP contribution in [0.1, 0.15) is 11.1 Å². The van der Waals surface area contributed by atoms with E-state index >= 15 is 0 Å². The molecule has 0 aliphatic heterocycles. The first kappa shape index (κ1) is 21.4. The molecule has 2 rings (SSSR count). The molecule has 0 aromatic heterocycles. The second-order valence-electron chi connectivity index (χ2n) is 4.83. The summed E-state index contributed by atoms with van der Waals surface area (Å²) in [7, 11) is 0. The fourth-order valence-electron chi connectivity index (χ4n) is 2.02. The average Bonchev–Trinajstić information content (AvgIpc) is 2.54. The Balaban J connectivity index is 2.54. The molecular weight excluding hydrogens is 628 g/mol. The molecule has 0 radical (unpaired) electrons. The Bertz CT molecular complexity index is 829. The molecule has 0 N–H and O–H groups in total. The van der Waals surface area contributed by atoms with Gasteiger partial charge >= 0.3 is 0 Å². The molecule has 0 heterocycles. The van der Waals surface area contributed by atoms with Crippen LogP contribution in [0.15, 0.2) is 36.4 Å². The molecule has 25 heavy (non-hydrogen) atoms. The first-order valence-corrected chi connectivity index (χ1v) is 10.3. The summed E-state index contributed by atoms with van der Waals surface area (Å²) in [4.78, 5) is 0. The minimum atomic E-state index is -1.24. The van der Waals surface area contributed by atoms with Gasteiger partial charge in [-0.05, 0) is 69.4 Å². The summed E-state index contributed by atoms with van der Waals surface area (Å²) in [6, 6.07) is 9.94. The highest BCUT2D eigenvalue weighted by Crippen LogP contribution is 2.48. The largest absolute Gasteiger partial charge is 0.316 e. The van der Waals surface area contributed by atoms with Gasteiger partial charge in [0.1, 0.15) is 0 Å². The molecule has 0 aliphatic carbocycles. The van der Waals surface area contributed by atoms with Crippen LogP contribution in [0.3, 0.4) is 0 Å². The molecule has 1 nitrogen and oxygen atoms in total. The quantitative estimate of drug-likeness (QED) is 0.193. The third-order valence-electron chi connectivity index (χ3n) is 3.21. The molecule has 2 atom stereocenters. The van der Waals surface area contributed by atoms with Crippen LogP contribution in [0, 0.1) is 24.7 Å². The van der Waals surface area contributed by atoms with Gasteiger partial charge in [-0.3, -0.25) is 0 Å². The van der Waals surface area contributed by atoms with E-state index in [1.807, 2.05) is 45.2 Å². The Labute approximate surface area is 194 Å². The second kappa shape index (κ2) is 8.44. The van der Waals surface area contributed by atoms with Crippen molar-refractivity contribution < 1.29 is 4.74 Å². The van der Waals surface area contributed by atoms with Gasteiger partial charge in [-0.15, -0.1) is 12.8 Å². The van der Waals surface area contributed by atoms with E-state index in [0.29, 0.717) is 31.2 Å². The molecule has 128 valence electrons. The lowest BCUT2D eigenvalue weighted by atomic mass is 10.1. The van der Waals surface area contributed by atoms with Crippen LogP contribution in [0.25, 0.3) is 0 Å². The fourth-order valence-corrected chi connectivity index (χ4v) is 5.44. The number of terminal acetylenes is 2. The third-order valence-corrected chi connectivity index (χ3v) is 6.53. The summed E-state index contributed by atoms with van der Waals surface area (Å²) in [5.41, 5.74) is 1.12. The summed E-state index contributed by atoms with van der Waals surface area (Å²) in [6.45, 7) is 0. The normalized spacial score (nSPS) is 15.5. The van der Waals surface area contributed by atoms with Crippen LogP contribution in [-0.4, -0.2) is 0 Å². The molecule has 2 aromatic rings. The third kappa shape index (κ3) is 4.71. The lowest BCUT2D eigenvalue weighted by molar-refractivity contribution is 0.0262. The zero-order valence-corrected chi connectivity index (χ0v) is 19.6. The van der Waals surface area contributed by atoms with Gasteiger partial charge in [-0.1, -0.05) is 70.4 Å². The zero-order valence-electron chi connectivity index (χ0n) is 12.3. The van der Waals surface area contributed by atoms with Gasteiger partial charge < -0.3 is 4.74 Å². The summed E-state index contributed by atoms with van der Waals surface area (Å²) in [5, 5.41) is 1.72. The predicted molar refractivity (Wildman–Crippen MR) is 123 cm³/mol. The van der Waals surface area contributed by atoms with Crippen molar-refractivity contribution in [2.75, 3.05) is 0 Å². The number of hydrogen-bond donors (Lipinski definition) is 0. The summed E-state index contributed by atoms with van der Waals surface area (Å²) in [6.07, 6.45) is 11.5. The van der Waals surface area contributed by atoms with E-state index in [1.165, 1.54) is 0 Å². The minimum absolute atomic E-state index is 0.373. The molecule has 0 saturated carbocycles. The molecule has 0 amide bonds. The Morgan fingerprint density at radius 3 is 1.40 bits per heavy atom. The molecule has 0 spiro atoms. The van der Waals surface area contributed by atoms with Crippen LogP contribution in [0.4, 0.5) is 0 Å². The van der Waals surface area contributed by atoms with E-state index in [4.69, 9.17) is 64.0 Å². The molecule has 2 unspecified atom stereocenters. The van der Waals surface area contributed by atoms with E-state index in [-0.39, 0.29) is 0 Å². The van der Waals surface area contributed by atoms with Crippen LogP contribution in [0.5, 0.6) is 0 Å². The SMILES string of the molecule is C#CC(I)(OC(I)(C#C)c1ccc(Cl)cc1Cl)c1ccc(Cl)cc1Cl. The molecule has 0 saturated heterocycles. The van der Waals surface area contributed by atoms with Crippen molar-refractivity contribution in [1.29, 1.82) is 0 Å². The summed E-state index contributed by atoms with van der Waals surface area (Å²) < 4.78 is 3.70. The Morgan fingerprint density at radius 1 is 0.760 bits per heavy atom. The van der Waals surface area contributed by atoms with E-state index < -0.39 is 7.22 Å². The number of benzene rings is 2. The second-order valence-corrected chi connectivity index (χ2v) is 9.56. The molecule has 7 heteroatoms. The van der Waals surface area contributed by atoms with E-state index in [0.717, 1.165) is 0 Å². The lowest BCUT2D eigenvalue weighted by Crippen LogP contribution is -2.32. The van der Waals surface area contributed by atoms with E-state index in [1.54, 1.807) is 36.4 Å². The van der Waals surface area contributed by atoms with Crippen molar-refractivity contribution in [2.24, 2.45) is 0 Å². The molecule has 0 bridgehead atoms. The molecule has 0 fully saturated rings. The maximum atomic E-state index is 6.30. The molecule has 2 aromatic carbocycles. The number of halogens is 6. The summed E-state index contributed by atoms with van der Waals surface area (Å²) in [5.74, 6) is 5.23. The van der Waals surface area contributed by atoms with Crippen LogP contribution in [-0.2, 0) is 12.0 Å². The van der Waals surface area contributed by atoms with Crippen molar-refractivity contribution in [1.82, 2.24) is 0 Å². The van der Waals surface area contributed by atoms with E-state index in [2.05, 4.69) is 11.8 Å². The molecular formula is C18H8Cl4I2O. The van der Waals surface area contributed by atoms with Gasteiger partial charge in [-0.2, -0.15) is 0 Å². The van der Waals surface area contributed by atoms with Gasteiger partial charge in [0.05, 0.1) is 0 Å². The van der Waals surface area contributed by atoms with Gasteiger partial charge in [-0.25, -0.2) is 0 Å². The summed E-state index contributed by atoms with van der Waals surface area (Å²) >= 11 is 28.5. The average molecular weight is 636 g/mol. The highest BCUT2D eigenvalue weighted by atomic mass is 127. The number of hydrogen-bond acceptors (Lipinski definition) is 1. The minimum Gasteiger partial charge on any atom is -0.316 e. The van der Waals surface area contributed by atoms with Gasteiger partial charge in [0, 0.05) is 31.2 Å². The van der Waals surface area contributed by atoms with Crippen LogP contribution >= 0.6 is 91.6 Å². The topological polar surface area (TPSA) is 9.23 Å². The zero-order chi connectivity index (χ0) is 18.8. The number of ether oxygens (including phenoxy) is 1. The van der Waals surface area contributed by atoms with Gasteiger partial charge in [0.2, 0.25) is 7.22 Å². The Hall–Kier alpha value is 0.140. The van der Waals surface area contributed by atoms with Crippen molar-refractivity contribution in [2.45, 2.75) is 7.22 Å². The Kier molecular flexibility index (Phi) is 7.24. The number of alkyl halides is 2. The van der Waals surface area contributed by atoms with Crippen molar-refractivity contribution in [3.8, 4) is 24.7 Å². The smallest absolute Gasteiger partial charge is 0.209 e. The van der Waals surface area contributed by atoms with Gasteiger partial charge in [0.25, 0.3) is 0 Å². The monoisotopic (exact) mass is 634 g/mol. The molecule has 0 aliphatic rings. The maximum Gasteiger partial charge on any atom is 0.209 e. The number of rotatable bonds is 4. The van der Waals surface area contributed by atoms with E-state index in [9.17, 15) is 0 Å². The fraction of sp³-hybridized carbons (Fsp3) is 0.111. The highest BCUT2D eigenvalue weighted by molar-refractivity contribution is 14.1. The Morgan fingerprint density at radius 2 is 1.12 bits per heavy atom. The van der Waals surface area contributed by atoms with Gasteiger partial charge in [0.15, 0.2) is 0 Å².